The number of amides is 1. The van der Waals surface area contributed by atoms with E-state index in [0.29, 0.717) is 24.1 Å². The summed E-state index contributed by atoms with van der Waals surface area (Å²) in [4.78, 5) is 19.7. The molecule has 7 nitrogen and oxygen atoms in total. The van der Waals surface area contributed by atoms with Gasteiger partial charge in [-0.1, -0.05) is 13.8 Å². The zero-order valence-corrected chi connectivity index (χ0v) is 22.6. The SMILES string of the molecule is CC1(C)CCCN(CCCOc2ccc(N3CCN(C(=O)c4ccc(S(C)(=O)=O)cc4)CC3)cc2)C1. The lowest BCUT2D eigenvalue weighted by Crippen LogP contribution is -2.48. The fourth-order valence-electron chi connectivity index (χ4n) is 5.16. The van der Waals surface area contributed by atoms with Crippen molar-refractivity contribution >= 4 is 21.4 Å². The molecule has 2 saturated heterocycles. The summed E-state index contributed by atoms with van der Waals surface area (Å²) in [5.41, 5.74) is 2.07. The number of nitrogens with zero attached hydrogens (tertiary/aromatic N) is 3. The van der Waals surface area contributed by atoms with Crippen LogP contribution < -0.4 is 9.64 Å². The summed E-state index contributed by atoms with van der Waals surface area (Å²) in [7, 11) is -3.27. The minimum atomic E-state index is -3.27. The number of benzene rings is 2. The van der Waals surface area contributed by atoms with Crippen LogP contribution in [0.4, 0.5) is 5.69 Å². The van der Waals surface area contributed by atoms with Gasteiger partial charge in [0.15, 0.2) is 9.84 Å². The molecular weight excluding hydrogens is 474 g/mol. The first-order valence-corrected chi connectivity index (χ1v) is 14.8. The minimum absolute atomic E-state index is 0.0634. The van der Waals surface area contributed by atoms with Crippen LogP contribution in [0.1, 0.15) is 43.5 Å². The molecule has 0 spiro atoms. The number of carbonyl (C=O) groups is 1. The van der Waals surface area contributed by atoms with E-state index in [4.69, 9.17) is 4.74 Å². The molecule has 2 aromatic rings. The van der Waals surface area contributed by atoms with Crippen molar-refractivity contribution < 1.29 is 17.9 Å². The molecule has 8 heteroatoms. The van der Waals surface area contributed by atoms with Crippen molar-refractivity contribution in [3.8, 4) is 5.75 Å². The molecule has 2 heterocycles. The van der Waals surface area contributed by atoms with Gasteiger partial charge < -0.3 is 19.4 Å². The fraction of sp³-hybridized carbons (Fsp3) is 0.536. The van der Waals surface area contributed by atoms with Crippen molar-refractivity contribution in [2.24, 2.45) is 5.41 Å². The molecule has 2 aromatic carbocycles. The highest BCUT2D eigenvalue weighted by molar-refractivity contribution is 7.90. The predicted molar refractivity (Wildman–Crippen MR) is 144 cm³/mol. The molecule has 0 aliphatic carbocycles. The number of anilines is 1. The monoisotopic (exact) mass is 513 g/mol. The summed E-state index contributed by atoms with van der Waals surface area (Å²) in [6, 6.07) is 14.4. The van der Waals surface area contributed by atoms with Crippen LogP contribution >= 0.6 is 0 Å². The second-order valence-electron chi connectivity index (χ2n) is 10.8. The number of piperidine rings is 1. The third-order valence-electron chi connectivity index (χ3n) is 7.17. The highest BCUT2D eigenvalue weighted by Gasteiger charge is 2.26. The average molecular weight is 514 g/mol. The molecule has 0 bridgehead atoms. The Hall–Kier alpha value is -2.58. The van der Waals surface area contributed by atoms with Gasteiger partial charge >= 0.3 is 0 Å². The quantitative estimate of drug-likeness (QED) is 0.498. The summed E-state index contributed by atoms with van der Waals surface area (Å²) in [5, 5.41) is 0. The van der Waals surface area contributed by atoms with Crippen molar-refractivity contribution in [2.75, 3.05) is 63.6 Å². The van der Waals surface area contributed by atoms with Gasteiger partial charge in [0, 0.05) is 56.8 Å². The number of hydrogen-bond acceptors (Lipinski definition) is 6. The van der Waals surface area contributed by atoms with Gasteiger partial charge in [-0.05, 0) is 79.8 Å². The number of piperazine rings is 1. The Morgan fingerprint density at radius 1 is 0.944 bits per heavy atom. The van der Waals surface area contributed by atoms with Crippen LogP contribution in [0.15, 0.2) is 53.4 Å². The van der Waals surface area contributed by atoms with Crippen LogP contribution in [0.3, 0.4) is 0 Å². The van der Waals surface area contributed by atoms with Crippen molar-refractivity contribution in [3.05, 3.63) is 54.1 Å². The van der Waals surface area contributed by atoms with E-state index >= 15 is 0 Å². The third-order valence-corrected chi connectivity index (χ3v) is 8.29. The normalized spacial score (nSPS) is 18.8. The lowest BCUT2D eigenvalue weighted by molar-refractivity contribution is 0.0746. The standard InChI is InChI=1S/C28H39N3O4S/c1-28(2)14-4-15-29(22-28)16-5-21-35-25-10-8-24(9-11-25)30-17-19-31(20-18-30)27(32)23-6-12-26(13-7-23)36(3,33)34/h6-13H,4-5,14-22H2,1-3H3. The Balaban J connectivity index is 1.20. The molecule has 0 aromatic heterocycles. The van der Waals surface area contributed by atoms with Gasteiger partial charge in [-0.15, -0.1) is 0 Å². The zero-order chi connectivity index (χ0) is 25.8. The van der Waals surface area contributed by atoms with Crippen molar-refractivity contribution in [1.82, 2.24) is 9.80 Å². The summed E-state index contributed by atoms with van der Waals surface area (Å²) in [5.74, 6) is 0.829. The van der Waals surface area contributed by atoms with Gasteiger partial charge in [0.2, 0.25) is 0 Å². The Morgan fingerprint density at radius 2 is 1.61 bits per heavy atom. The van der Waals surface area contributed by atoms with Gasteiger partial charge in [0.1, 0.15) is 5.75 Å². The summed E-state index contributed by atoms with van der Waals surface area (Å²) in [6.07, 6.45) is 4.80. The van der Waals surface area contributed by atoms with Gasteiger partial charge in [0.25, 0.3) is 5.91 Å². The van der Waals surface area contributed by atoms with Crippen molar-refractivity contribution in [1.29, 1.82) is 0 Å². The average Bonchev–Trinajstić information content (AvgIpc) is 2.86. The van der Waals surface area contributed by atoms with Crippen LogP contribution in [0.5, 0.6) is 5.75 Å². The minimum Gasteiger partial charge on any atom is -0.494 e. The molecule has 0 unspecified atom stereocenters. The third kappa shape index (κ3) is 7.01. The highest BCUT2D eigenvalue weighted by Crippen LogP contribution is 2.28. The predicted octanol–water partition coefficient (Wildman–Crippen LogP) is 3.94. The Kier molecular flexibility index (Phi) is 8.25. The molecule has 0 N–H and O–H groups in total. The second-order valence-corrected chi connectivity index (χ2v) is 12.8. The Labute approximate surface area is 215 Å². The van der Waals surface area contributed by atoms with Gasteiger partial charge in [-0.25, -0.2) is 8.42 Å². The van der Waals surface area contributed by atoms with Gasteiger partial charge in [-0.3, -0.25) is 4.79 Å². The molecule has 2 aliphatic rings. The first-order chi connectivity index (χ1) is 17.1. The number of ether oxygens (including phenoxy) is 1. The van der Waals surface area contributed by atoms with E-state index in [-0.39, 0.29) is 10.8 Å². The van der Waals surface area contributed by atoms with E-state index < -0.39 is 9.84 Å². The molecule has 0 saturated carbocycles. The molecule has 2 aliphatic heterocycles. The van der Waals surface area contributed by atoms with E-state index in [9.17, 15) is 13.2 Å². The van der Waals surface area contributed by atoms with Crippen LogP contribution in [-0.2, 0) is 9.84 Å². The number of hydrogen-bond donors (Lipinski definition) is 0. The van der Waals surface area contributed by atoms with E-state index in [1.807, 2.05) is 17.0 Å². The van der Waals surface area contributed by atoms with E-state index in [1.165, 1.54) is 44.3 Å². The maximum absolute atomic E-state index is 12.8. The Morgan fingerprint density at radius 3 is 2.22 bits per heavy atom. The Bertz CT molecular complexity index is 1120. The van der Waals surface area contributed by atoms with Crippen LogP contribution in [0.2, 0.25) is 0 Å². The first kappa shape index (κ1) is 26.5. The molecular formula is C28H39N3O4S. The molecule has 4 rings (SSSR count). The summed E-state index contributed by atoms with van der Waals surface area (Å²) < 4.78 is 29.3. The topological polar surface area (TPSA) is 70.2 Å². The van der Waals surface area contributed by atoms with E-state index in [2.05, 4.69) is 35.8 Å². The maximum Gasteiger partial charge on any atom is 0.253 e. The van der Waals surface area contributed by atoms with Crippen molar-refractivity contribution in [3.63, 3.8) is 0 Å². The first-order valence-electron chi connectivity index (χ1n) is 12.9. The number of likely N-dealkylation sites (tertiary alicyclic amines) is 1. The van der Waals surface area contributed by atoms with Gasteiger partial charge in [-0.2, -0.15) is 0 Å². The van der Waals surface area contributed by atoms with Crippen LogP contribution in [-0.4, -0.2) is 82.8 Å². The maximum atomic E-state index is 12.8. The highest BCUT2D eigenvalue weighted by atomic mass is 32.2. The number of carbonyl (C=O) groups excluding carboxylic acids is 1. The second kappa shape index (κ2) is 11.2. The molecule has 0 atom stereocenters. The van der Waals surface area contributed by atoms with Crippen LogP contribution in [0, 0.1) is 5.41 Å². The lowest BCUT2D eigenvalue weighted by atomic mass is 9.84. The molecule has 1 amide bonds. The van der Waals surface area contributed by atoms with E-state index in [0.717, 1.165) is 44.1 Å². The largest absolute Gasteiger partial charge is 0.494 e. The summed E-state index contributed by atoms with van der Waals surface area (Å²) in [6.45, 7) is 11.7. The molecule has 196 valence electrons. The smallest absolute Gasteiger partial charge is 0.253 e. The fourth-order valence-corrected chi connectivity index (χ4v) is 5.79. The molecule has 36 heavy (non-hydrogen) atoms. The van der Waals surface area contributed by atoms with Crippen LogP contribution in [0.25, 0.3) is 0 Å². The lowest BCUT2D eigenvalue weighted by Gasteiger charge is -2.38. The summed E-state index contributed by atoms with van der Waals surface area (Å²) >= 11 is 0. The zero-order valence-electron chi connectivity index (χ0n) is 21.8. The number of rotatable bonds is 8. The van der Waals surface area contributed by atoms with E-state index in [1.54, 1.807) is 12.1 Å². The number of sulfone groups is 1. The molecule has 2 fully saturated rings. The molecule has 0 radical (unpaired) electrons. The van der Waals surface area contributed by atoms with Gasteiger partial charge in [0.05, 0.1) is 11.5 Å². The van der Waals surface area contributed by atoms with Crippen molar-refractivity contribution in [2.45, 2.75) is 38.0 Å².